The predicted octanol–water partition coefficient (Wildman–Crippen LogP) is 4.31. The van der Waals surface area contributed by atoms with E-state index in [1.807, 2.05) is 13.8 Å². The lowest BCUT2D eigenvalue weighted by Gasteiger charge is -2.23. The second-order valence-corrected chi connectivity index (χ2v) is 5.85. The molecule has 5 nitrogen and oxygen atoms in total. The molecular formula is C17H20F3N3O2. The molecule has 0 aliphatic rings. The van der Waals surface area contributed by atoms with Gasteiger partial charge in [0, 0.05) is 25.0 Å². The first-order valence-electron chi connectivity index (χ1n) is 7.67. The van der Waals surface area contributed by atoms with Gasteiger partial charge in [-0.3, -0.25) is 0 Å². The summed E-state index contributed by atoms with van der Waals surface area (Å²) in [4.78, 5) is 8.76. The summed E-state index contributed by atoms with van der Waals surface area (Å²) in [5.74, 6) is 0.623. The van der Waals surface area contributed by atoms with Gasteiger partial charge in [-0.15, -0.1) is 0 Å². The van der Waals surface area contributed by atoms with Crippen LogP contribution in [-0.2, 0) is 6.18 Å². The first-order chi connectivity index (χ1) is 11.7. The van der Waals surface area contributed by atoms with Crippen LogP contribution in [0.15, 0.2) is 30.5 Å². The summed E-state index contributed by atoms with van der Waals surface area (Å²) in [6.07, 6.45) is -3.86. The lowest BCUT2D eigenvalue weighted by atomic mass is 10.2. The van der Waals surface area contributed by atoms with E-state index < -0.39 is 11.7 Å². The Labute approximate surface area is 144 Å². The molecular weight excluding hydrogens is 335 g/mol. The largest absolute Gasteiger partial charge is 0.493 e. The van der Waals surface area contributed by atoms with E-state index >= 15 is 0 Å². The molecule has 0 atom stereocenters. The zero-order valence-electron chi connectivity index (χ0n) is 14.5. The Balaban J connectivity index is 2.39. The fourth-order valence-corrected chi connectivity index (χ4v) is 2.08. The molecule has 0 saturated carbocycles. The van der Waals surface area contributed by atoms with Crippen molar-refractivity contribution in [2.75, 3.05) is 25.7 Å². The van der Waals surface area contributed by atoms with Gasteiger partial charge in [-0.05, 0) is 18.1 Å². The minimum absolute atomic E-state index is 0.137. The summed E-state index contributed by atoms with van der Waals surface area (Å²) in [5, 5.41) is 0. The average molecular weight is 355 g/mol. The highest BCUT2D eigenvalue weighted by molar-refractivity contribution is 5.64. The van der Waals surface area contributed by atoms with Gasteiger partial charge in [-0.25, -0.2) is 4.98 Å². The molecule has 2 rings (SSSR count). The van der Waals surface area contributed by atoms with Crippen molar-refractivity contribution in [2.45, 2.75) is 20.0 Å². The Morgan fingerprint density at radius 1 is 1.24 bits per heavy atom. The van der Waals surface area contributed by atoms with Gasteiger partial charge in [0.05, 0.1) is 13.7 Å². The van der Waals surface area contributed by atoms with Crippen molar-refractivity contribution in [2.24, 2.45) is 5.92 Å². The van der Waals surface area contributed by atoms with E-state index in [0.29, 0.717) is 24.0 Å². The first-order valence-corrected chi connectivity index (χ1v) is 7.67. The van der Waals surface area contributed by atoms with Gasteiger partial charge in [0.2, 0.25) is 0 Å². The third-order valence-corrected chi connectivity index (χ3v) is 3.34. The molecule has 25 heavy (non-hydrogen) atoms. The van der Waals surface area contributed by atoms with Crippen molar-refractivity contribution >= 4 is 11.5 Å². The third kappa shape index (κ3) is 4.74. The summed E-state index contributed by atoms with van der Waals surface area (Å²) < 4.78 is 50.3. The molecule has 0 N–H and O–H groups in total. The number of hydrogen-bond acceptors (Lipinski definition) is 5. The summed E-state index contributed by atoms with van der Waals surface area (Å²) >= 11 is 0. The molecule has 0 fully saturated rings. The van der Waals surface area contributed by atoms with Gasteiger partial charge in [0.25, 0.3) is 0 Å². The number of alkyl halides is 3. The number of methoxy groups -OCH3 is 1. The molecule has 0 aliphatic carbocycles. The van der Waals surface area contributed by atoms with Crippen LogP contribution in [0.25, 0.3) is 0 Å². The zero-order chi connectivity index (χ0) is 18.6. The summed E-state index contributed by atoms with van der Waals surface area (Å²) in [5.41, 5.74) is -0.434. The Hall–Kier alpha value is -2.51. The van der Waals surface area contributed by atoms with E-state index in [-0.39, 0.29) is 11.8 Å². The van der Waals surface area contributed by atoms with E-state index in [4.69, 9.17) is 9.47 Å². The number of aromatic nitrogens is 2. The molecule has 0 spiro atoms. The number of rotatable bonds is 6. The van der Waals surface area contributed by atoms with Crippen LogP contribution >= 0.6 is 0 Å². The van der Waals surface area contributed by atoms with Gasteiger partial charge < -0.3 is 14.4 Å². The van der Waals surface area contributed by atoms with Crippen molar-refractivity contribution in [3.8, 4) is 11.8 Å². The smallest absolute Gasteiger partial charge is 0.421 e. The number of benzene rings is 1. The Morgan fingerprint density at radius 3 is 2.56 bits per heavy atom. The van der Waals surface area contributed by atoms with Crippen molar-refractivity contribution in [1.29, 1.82) is 0 Å². The van der Waals surface area contributed by atoms with Crippen LogP contribution in [0.1, 0.15) is 19.4 Å². The molecule has 0 aliphatic heterocycles. The highest BCUT2D eigenvalue weighted by Crippen LogP contribution is 2.38. The van der Waals surface area contributed by atoms with E-state index in [2.05, 4.69) is 9.97 Å². The van der Waals surface area contributed by atoms with Gasteiger partial charge >= 0.3 is 12.2 Å². The second-order valence-electron chi connectivity index (χ2n) is 5.85. The molecule has 8 heteroatoms. The first kappa shape index (κ1) is 18.8. The Bertz CT molecular complexity index is 721. The molecule has 0 amide bonds. The van der Waals surface area contributed by atoms with Crippen LogP contribution in [0.2, 0.25) is 0 Å². The molecule has 0 bridgehead atoms. The molecule has 136 valence electrons. The number of nitrogens with zero attached hydrogens (tertiary/aromatic N) is 3. The van der Waals surface area contributed by atoms with Gasteiger partial charge in [-0.1, -0.05) is 19.9 Å². The molecule has 1 aromatic heterocycles. The quantitative estimate of drug-likeness (QED) is 0.773. The minimum atomic E-state index is -4.58. The maximum Gasteiger partial charge on any atom is 0.421 e. The van der Waals surface area contributed by atoms with Crippen molar-refractivity contribution < 1.29 is 22.6 Å². The Kier molecular flexibility index (Phi) is 5.71. The summed E-state index contributed by atoms with van der Waals surface area (Å²) in [6, 6.07) is 6.67. The molecule has 0 radical (unpaired) electrons. The summed E-state index contributed by atoms with van der Waals surface area (Å²) in [7, 11) is 2.80. The zero-order valence-corrected chi connectivity index (χ0v) is 14.5. The van der Waals surface area contributed by atoms with Crippen LogP contribution < -0.4 is 14.4 Å². The van der Waals surface area contributed by atoms with E-state index in [0.717, 1.165) is 6.20 Å². The SMILES string of the molecule is COc1ncc(C(F)(F)F)c(N(C)c2cccc(OCC(C)C)c2)n1. The highest BCUT2D eigenvalue weighted by atomic mass is 19.4. The standard InChI is InChI=1S/C17H20F3N3O2/c1-11(2)10-25-13-7-5-6-12(8-13)23(3)15-14(17(18,19)20)9-21-16(22-15)24-4/h5-9,11H,10H2,1-4H3. The van der Waals surface area contributed by atoms with Gasteiger partial charge in [0.1, 0.15) is 11.3 Å². The van der Waals surface area contributed by atoms with Crippen LogP contribution in [-0.4, -0.2) is 30.7 Å². The number of ether oxygens (including phenoxy) is 2. The van der Waals surface area contributed by atoms with Crippen molar-refractivity contribution in [3.63, 3.8) is 0 Å². The monoisotopic (exact) mass is 355 g/mol. The summed E-state index contributed by atoms with van der Waals surface area (Å²) in [6.45, 7) is 4.54. The van der Waals surface area contributed by atoms with Crippen LogP contribution in [0.5, 0.6) is 11.8 Å². The molecule has 1 aromatic carbocycles. The van der Waals surface area contributed by atoms with Crippen molar-refractivity contribution in [3.05, 3.63) is 36.0 Å². The van der Waals surface area contributed by atoms with Crippen LogP contribution in [0.3, 0.4) is 0 Å². The van der Waals surface area contributed by atoms with Gasteiger partial charge in [-0.2, -0.15) is 18.2 Å². The molecule has 0 unspecified atom stereocenters. The topological polar surface area (TPSA) is 47.5 Å². The number of anilines is 2. The molecule has 0 saturated heterocycles. The maximum atomic E-state index is 13.3. The normalized spacial score (nSPS) is 11.5. The van der Waals surface area contributed by atoms with E-state index in [1.54, 1.807) is 24.3 Å². The molecule has 2 aromatic rings. The second kappa shape index (κ2) is 7.58. The van der Waals surface area contributed by atoms with Crippen LogP contribution in [0.4, 0.5) is 24.7 Å². The van der Waals surface area contributed by atoms with E-state index in [9.17, 15) is 13.2 Å². The highest BCUT2D eigenvalue weighted by Gasteiger charge is 2.36. The van der Waals surface area contributed by atoms with Gasteiger partial charge in [0.15, 0.2) is 5.82 Å². The maximum absolute atomic E-state index is 13.3. The Morgan fingerprint density at radius 2 is 1.96 bits per heavy atom. The third-order valence-electron chi connectivity index (χ3n) is 3.34. The fourth-order valence-electron chi connectivity index (χ4n) is 2.08. The van der Waals surface area contributed by atoms with E-state index in [1.165, 1.54) is 19.1 Å². The number of halogens is 3. The minimum Gasteiger partial charge on any atom is -0.493 e. The molecule has 1 heterocycles. The average Bonchev–Trinajstić information content (AvgIpc) is 2.58. The predicted molar refractivity (Wildman–Crippen MR) is 88.4 cm³/mol. The van der Waals surface area contributed by atoms with Crippen molar-refractivity contribution in [1.82, 2.24) is 9.97 Å². The van der Waals surface area contributed by atoms with Crippen LogP contribution in [0, 0.1) is 5.92 Å². The fraction of sp³-hybridized carbons (Fsp3) is 0.412. The lowest BCUT2D eigenvalue weighted by Crippen LogP contribution is -2.19. The lowest BCUT2D eigenvalue weighted by molar-refractivity contribution is -0.137. The number of hydrogen-bond donors (Lipinski definition) is 0.